The van der Waals surface area contributed by atoms with Crippen LogP contribution in [0.1, 0.15) is 29.5 Å². The first-order valence-corrected chi connectivity index (χ1v) is 11.4. The summed E-state index contributed by atoms with van der Waals surface area (Å²) < 4.78 is 0. The van der Waals surface area contributed by atoms with E-state index in [-0.39, 0.29) is 11.9 Å². The van der Waals surface area contributed by atoms with Gasteiger partial charge in [0.2, 0.25) is 5.91 Å². The Bertz CT molecular complexity index is 919. The van der Waals surface area contributed by atoms with Gasteiger partial charge in [0.05, 0.1) is 6.04 Å². The van der Waals surface area contributed by atoms with Crippen LogP contribution in [0.25, 0.3) is 0 Å². The van der Waals surface area contributed by atoms with Crippen LogP contribution >= 0.6 is 0 Å². The van der Waals surface area contributed by atoms with Gasteiger partial charge in [0, 0.05) is 19.6 Å². The van der Waals surface area contributed by atoms with Crippen molar-refractivity contribution in [2.45, 2.75) is 38.3 Å². The van der Waals surface area contributed by atoms with Gasteiger partial charge >= 0.3 is 0 Å². The summed E-state index contributed by atoms with van der Waals surface area (Å²) in [5, 5.41) is 3.54. The molecule has 1 atom stereocenters. The first-order chi connectivity index (χ1) is 15.3. The SMILES string of the molecule is O=C([C@H](Cc1ccccc1)NCc1ccccc1)N1CCC(Cc2ccccc2)CC1. The molecule has 3 aromatic rings. The van der Waals surface area contributed by atoms with Gasteiger partial charge < -0.3 is 10.2 Å². The molecule has 4 rings (SSSR count). The lowest BCUT2D eigenvalue weighted by molar-refractivity contribution is -0.134. The molecule has 31 heavy (non-hydrogen) atoms. The second-order valence-corrected chi connectivity index (χ2v) is 8.57. The highest BCUT2D eigenvalue weighted by atomic mass is 16.2. The van der Waals surface area contributed by atoms with E-state index < -0.39 is 0 Å². The fraction of sp³-hybridized carbons (Fsp3) is 0.321. The van der Waals surface area contributed by atoms with Gasteiger partial charge in [0.15, 0.2) is 0 Å². The molecule has 3 heteroatoms. The van der Waals surface area contributed by atoms with E-state index in [4.69, 9.17) is 0 Å². The lowest BCUT2D eigenvalue weighted by atomic mass is 9.90. The Morgan fingerprint density at radius 1 is 0.774 bits per heavy atom. The second kappa shape index (κ2) is 10.9. The summed E-state index contributed by atoms with van der Waals surface area (Å²) in [6.45, 7) is 2.41. The highest BCUT2D eigenvalue weighted by Crippen LogP contribution is 2.22. The predicted molar refractivity (Wildman–Crippen MR) is 127 cm³/mol. The van der Waals surface area contributed by atoms with Crippen molar-refractivity contribution < 1.29 is 4.79 Å². The first-order valence-electron chi connectivity index (χ1n) is 11.4. The van der Waals surface area contributed by atoms with Crippen LogP contribution in [0, 0.1) is 5.92 Å². The molecule has 1 saturated heterocycles. The van der Waals surface area contributed by atoms with E-state index in [0.29, 0.717) is 12.5 Å². The van der Waals surface area contributed by atoms with Gasteiger partial charge in [-0.05, 0) is 48.3 Å². The molecule has 1 heterocycles. The van der Waals surface area contributed by atoms with E-state index in [0.717, 1.165) is 38.8 Å². The van der Waals surface area contributed by atoms with E-state index in [1.54, 1.807) is 0 Å². The Hall–Kier alpha value is -2.91. The van der Waals surface area contributed by atoms with Gasteiger partial charge in [-0.1, -0.05) is 91.0 Å². The Morgan fingerprint density at radius 3 is 1.87 bits per heavy atom. The number of benzene rings is 3. The summed E-state index contributed by atoms with van der Waals surface area (Å²) in [6, 6.07) is 31.2. The minimum absolute atomic E-state index is 0.201. The van der Waals surface area contributed by atoms with E-state index >= 15 is 0 Å². The van der Waals surface area contributed by atoms with Crippen molar-refractivity contribution in [3.05, 3.63) is 108 Å². The lowest BCUT2D eigenvalue weighted by Gasteiger charge is -2.34. The monoisotopic (exact) mass is 412 g/mol. The normalized spacial score (nSPS) is 15.5. The number of likely N-dealkylation sites (tertiary alicyclic amines) is 1. The topological polar surface area (TPSA) is 32.3 Å². The fourth-order valence-electron chi connectivity index (χ4n) is 4.46. The molecule has 3 nitrogen and oxygen atoms in total. The molecule has 160 valence electrons. The quantitative estimate of drug-likeness (QED) is 0.573. The minimum atomic E-state index is -0.201. The number of rotatable bonds is 8. The number of amides is 1. The predicted octanol–water partition coefficient (Wildman–Crippen LogP) is 4.87. The zero-order valence-electron chi connectivity index (χ0n) is 18.1. The molecule has 1 amide bonds. The van der Waals surface area contributed by atoms with Gasteiger partial charge in [-0.25, -0.2) is 0 Å². The number of nitrogens with zero attached hydrogens (tertiary/aromatic N) is 1. The number of piperidine rings is 1. The van der Waals surface area contributed by atoms with E-state index in [9.17, 15) is 4.79 Å². The average Bonchev–Trinajstić information content (AvgIpc) is 2.84. The van der Waals surface area contributed by atoms with Gasteiger partial charge in [-0.15, -0.1) is 0 Å². The van der Waals surface area contributed by atoms with Crippen LogP contribution < -0.4 is 5.32 Å². The largest absolute Gasteiger partial charge is 0.341 e. The third-order valence-electron chi connectivity index (χ3n) is 6.27. The molecule has 1 aliphatic heterocycles. The van der Waals surface area contributed by atoms with Crippen molar-refractivity contribution in [3.63, 3.8) is 0 Å². The molecule has 0 spiro atoms. The Labute approximate surface area is 186 Å². The summed E-state index contributed by atoms with van der Waals surface area (Å²) in [5.74, 6) is 0.897. The Balaban J connectivity index is 1.36. The van der Waals surface area contributed by atoms with Crippen LogP contribution in [0.15, 0.2) is 91.0 Å². The van der Waals surface area contributed by atoms with E-state index in [2.05, 4.69) is 64.8 Å². The second-order valence-electron chi connectivity index (χ2n) is 8.57. The fourth-order valence-corrected chi connectivity index (χ4v) is 4.46. The smallest absolute Gasteiger partial charge is 0.240 e. The summed E-state index contributed by atoms with van der Waals surface area (Å²) >= 11 is 0. The molecule has 1 aliphatic rings. The zero-order valence-corrected chi connectivity index (χ0v) is 18.1. The summed E-state index contributed by atoms with van der Waals surface area (Å²) in [5.41, 5.74) is 3.80. The highest BCUT2D eigenvalue weighted by Gasteiger charge is 2.28. The number of nitrogens with one attached hydrogen (secondary N) is 1. The van der Waals surface area contributed by atoms with Crippen molar-refractivity contribution in [2.24, 2.45) is 5.92 Å². The number of carbonyl (C=O) groups is 1. The minimum Gasteiger partial charge on any atom is -0.341 e. The van der Waals surface area contributed by atoms with Crippen molar-refractivity contribution in [1.29, 1.82) is 0 Å². The molecular formula is C28H32N2O. The highest BCUT2D eigenvalue weighted by molar-refractivity contribution is 5.82. The molecule has 0 aliphatic carbocycles. The summed E-state index contributed by atoms with van der Waals surface area (Å²) in [6.07, 6.45) is 3.99. The van der Waals surface area contributed by atoms with E-state index in [1.165, 1.54) is 16.7 Å². The van der Waals surface area contributed by atoms with Gasteiger partial charge in [-0.3, -0.25) is 4.79 Å². The lowest BCUT2D eigenvalue weighted by Crippen LogP contribution is -2.50. The standard InChI is InChI=1S/C28H32N2O/c31-28(30-18-16-25(17-19-30)20-23-10-4-1-5-11-23)27(21-24-12-6-2-7-13-24)29-22-26-14-8-3-9-15-26/h1-15,25,27,29H,16-22H2/t27-/m0/s1. The molecule has 0 saturated carbocycles. The molecule has 0 radical (unpaired) electrons. The van der Waals surface area contributed by atoms with Crippen molar-refractivity contribution >= 4 is 5.91 Å². The first kappa shape index (κ1) is 21.3. The van der Waals surface area contributed by atoms with Crippen LogP contribution in [0.5, 0.6) is 0 Å². The maximum Gasteiger partial charge on any atom is 0.240 e. The van der Waals surface area contributed by atoms with Crippen LogP contribution in [0.2, 0.25) is 0 Å². The van der Waals surface area contributed by atoms with E-state index in [1.807, 2.05) is 36.4 Å². The molecule has 3 aromatic carbocycles. The number of hydrogen-bond acceptors (Lipinski definition) is 2. The van der Waals surface area contributed by atoms with Crippen LogP contribution in [0.4, 0.5) is 0 Å². The maximum absolute atomic E-state index is 13.5. The molecular weight excluding hydrogens is 380 g/mol. The maximum atomic E-state index is 13.5. The third-order valence-corrected chi connectivity index (χ3v) is 6.27. The van der Waals surface area contributed by atoms with Crippen molar-refractivity contribution in [1.82, 2.24) is 10.2 Å². The van der Waals surface area contributed by atoms with Crippen LogP contribution in [-0.4, -0.2) is 29.9 Å². The zero-order chi connectivity index (χ0) is 21.3. The van der Waals surface area contributed by atoms with Crippen molar-refractivity contribution in [3.8, 4) is 0 Å². The molecule has 1 fully saturated rings. The van der Waals surface area contributed by atoms with Crippen molar-refractivity contribution in [2.75, 3.05) is 13.1 Å². The average molecular weight is 413 g/mol. The third kappa shape index (κ3) is 6.28. The summed E-state index contributed by atoms with van der Waals surface area (Å²) in [7, 11) is 0. The Morgan fingerprint density at radius 2 is 1.29 bits per heavy atom. The molecule has 0 unspecified atom stereocenters. The summed E-state index contributed by atoms with van der Waals surface area (Å²) in [4.78, 5) is 15.5. The van der Waals surface area contributed by atoms with Gasteiger partial charge in [0.25, 0.3) is 0 Å². The van der Waals surface area contributed by atoms with Crippen LogP contribution in [0.3, 0.4) is 0 Å². The molecule has 0 bridgehead atoms. The Kier molecular flexibility index (Phi) is 7.51. The van der Waals surface area contributed by atoms with Crippen LogP contribution in [-0.2, 0) is 24.2 Å². The van der Waals surface area contributed by atoms with Gasteiger partial charge in [0.1, 0.15) is 0 Å². The number of carbonyl (C=O) groups excluding carboxylic acids is 1. The van der Waals surface area contributed by atoms with Gasteiger partial charge in [-0.2, -0.15) is 0 Å². The molecule has 1 N–H and O–H groups in total. The molecule has 0 aromatic heterocycles. The number of hydrogen-bond donors (Lipinski definition) is 1.